The van der Waals surface area contributed by atoms with Crippen molar-refractivity contribution in [3.05, 3.63) is 29.8 Å². The Morgan fingerprint density at radius 2 is 1.43 bits per heavy atom. The molecule has 1 aliphatic heterocycles. The van der Waals surface area contributed by atoms with Crippen molar-refractivity contribution < 1.29 is 53.8 Å². The molecule has 1 heterocycles. The number of benzene rings is 1. The maximum absolute atomic E-state index is 14.1. The predicted molar refractivity (Wildman–Crippen MR) is 82.4 cm³/mol. The summed E-state index contributed by atoms with van der Waals surface area (Å²) < 4.78 is 123. The summed E-state index contributed by atoms with van der Waals surface area (Å²) in [7, 11) is 0. The van der Waals surface area contributed by atoms with E-state index < -0.39 is 47.2 Å². The predicted octanol–water partition coefficient (Wildman–Crippen LogP) is 3.96. The molecule has 1 aromatic carbocycles. The topological polar surface area (TPSA) is 67.4 Å². The van der Waals surface area contributed by atoms with Crippen molar-refractivity contribution >= 4 is 17.5 Å². The molecule has 2 N–H and O–H groups in total. The Balaban J connectivity index is 2.27. The maximum atomic E-state index is 14.1. The Kier molecular flexibility index (Phi) is 5.57. The lowest BCUT2D eigenvalue weighted by molar-refractivity contribution is -0.366. The summed E-state index contributed by atoms with van der Waals surface area (Å²) in [5.74, 6) is -29.5. The third kappa shape index (κ3) is 3.36. The summed E-state index contributed by atoms with van der Waals surface area (Å²) in [6, 6.07) is 3.38. The van der Waals surface area contributed by atoms with Gasteiger partial charge in [0.1, 0.15) is 0 Å². The molecule has 1 saturated heterocycles. The van der Waals surface area contributed by atoms with E-state index in [0.717, 1.165) is 24.3 Å². The van der Waals surface area contributed by atoms with Crippen molar-refractivity contribution in [3.8, 4) is 0 Å². The van der Waals surface area contributed by atoms with Crippen LogP contribution in [0.2, 0.25) is 0 Å². The summed E-state index contributed by atoms with van der Waals surface area (Å²) in [5, 5.41) is 3.69. The average molecular weight is 452 g/mol. The molecule has 1 aliphatic rings. The van der Waals surface area contributed by atoms with Gasteiger partial charge in [-0.3, -0.25) is 14.3 Å². The number of nitrogens with one attached hydrogen (secondary N) is 2. The minimum absolute atomic E-state index is 0.0136. The molecule has 0 unspecified atom stereocenters. The van der Waals surface area contributed by atoms with Gasteiger partial charge in [-0.1, -0.05) is 0 Å². The number of anilines is 1. The molecule has 0 spiro atoms. The van der Waals surface area contributed by atoms with E-state index in [-0.39, 0.29) is 11.6 Å². The molecule has 5 nitrogen and oxygen atoms in total. The average Bonchev–Trinajstić information content (AvgIpc) is 2.69. The number of carbonyl (C=O) groups excluding carboxylic acids is 2. The van der Waals surface area contributed by atoms with Gasteiger partial charge >= 0.3 is 35.6 Å². The van der Waals surface area contributed by atoms with Crippen LogP contribution in [0, 0.1) is 0 Å². The Morgan fingerprint density at radius 3 is 1.83 bits per heavy atom. The number of halogens is 9. The lowest BCUT2D eigenvalue weighted by atomic mass is 9.99. The number of rotatable bonds is 5. The molecular weight excluding hydrogens is 439 g/mol. The van der Waals surface area contributed by atoms with Gasteiger partial charge in [-0.05, 0) is 38.1 Å². The van der Waals surface area contributed by atoms with Gasteiger partial charge in [-0.2, -0.15) is 39.5 Å². The van der Waals surface area contributed by atoms with Crippen LogP contribution >= 0.6 is 0 Å². The molecular formula is C16H13F9N2O3. The van der Waals surface area contributed by atoms with Gasteiger partial charge < -0.3 is 10.6 Å². The second-order valence-corrected chi connectivity index (χ2v) is 6.60. The number of ether oxygens (including phenoxy) is 1. The number of amides is 2. The van der Waals surface area contributed by atoms with E-state index in [1.165, 1.54) is 5.32 Å². The van der Waals surface area contributed by atoms with Gasteiger partial charge in [-0.15, -0.1) is 0 Å². The van der Waals surface area contributed by atoms with E-state index in [0.29, 0.717) is 0 Å². The van der Waals surface area contributed by atoms with Crippen molar-refractivity contribution in [2.75, 3.05) is 5.32 Å². The molecule has 14 heteroatoms. The Labute approximate surface area is 162 Å². The third-order valence-electron chi connectivity index (χ3n) is 3.95. The maximum Gasteiger partial charge on any atom is 0.428 e. The molecule has 2 amide bonds. The van der Waals surface area contributed by atoms with Gasteiger partial charge in [-0.25, -0.2) is 0 Å². The molecule has 0 radical (unpaired) electrons. The first kappa shape index (κ1) is 23.8. The number of alkyl halides is 9. The van der Waals surface area contributed by atoms with E-state index in [9.17, 15) is 49.1 Å². The number of hydrogen-bond acceptors (Lipinski definition) is 3. The number of hydrogen-bond donors (Lipinski definition) is 2. The van der Waals surface area contributed by atoms with Crippen LogP contribution in [0.3, 0.4) is 0 Å². The quantitative estimate of drug-likeness (QED) is 0.665. The van der Waals surface area contributed by atoms with Crippen LogP contribution in [0.4, 0.5) is 45.2 Å². The first-order chi connectivity index (χ1) is 13.4. The molecule has 1 fully saturated rings. The highest BCUT2D eigenvalue weighted by Gasteiger charge is 2.96. The Bertz CT molecular complexity index is 843. The highest BCUT2D eigenvalue weighted by atomic mass is 19.4. The molecule has 0 bridgehead atoms. The van der Waals surface area contributed by atoms with Gasteiger partial charge in [0.25, 0.3) is 5.91 Å². The van der Waals surface area contributed by atoms with E-state index in [2.05, 4.69) is 10.1 Å². The second kappa shape index (κ2) is 7.03. The van der Waals surface area contributed by atoms with Crippen LogP contribution < -0.4 is 10.6 Å². The molecule has 30 heavy (non-hydrogen) atoms. The van der Waals surface area contributed by atoms with Crippen LogP contribution in [0.5, 0.6) is 0 Å². The summed E-state index contributed by atoms with van der Waals surface area (Å²) in [5.41, 5.74) is -0.621. The van der Waals surface area contributed by atoms with Crippen LogP contribution in [-0.4, -0.2) is 47.6 Å². The lowest BCUT2D eigenvalue weighted by Crippen LogP contribution is -2.63. The monoisotopic (exact) mass is 452 g/mol. The van der Waals surface area contributed by atoms with Gasteiger partial charge in [0.15, 0.2) is 0 Å². The SMILES string of the molecule is CC(C)NC(=O)c1ccc(NC(=O)C(F)(F)[C@@]2(F)OC(F)(F)C(F)(F)C2(F)F)cc1. The Hall–Kier alpha value is -2.51. The minimum Gasteiger partial charge on any atom is -0.350 e. The Morgan fingerprint density at radius 1 is 0.933 bits per heavy atom. The molecule has 0 aromatic heterocycles. The molecule has 2 rings (SSSR count). The summed E-state index contributed by atoms with van der Waals surface area (Å²) >= 11 is 0. The van der Waals surface area contributed by atoms with Gasteiger partial charge in [0.2, 0.25) is 0 Å². The molecule has 168 valence electrons. The highest BCUT2D eigenvalue weighted by molar-refractivity contribution is 5.98. The first-order valence-corrected chi connectivity index (χ1v) is 8.03. The van der Waals surface area contributed by atoms with Crippen molar-refractivity contribution in [2.45, 2.75) is 49.6 Å². The van der Waals surface area contributed by atoms with E-state index in [1.807, 2.05) is 0 Å². The third-order valence-corrected chi connectivity index (χ3v) is 3.95. The molecule has 1 atom stereocenters. The van der Waals surface area contributed by atoms with Gasteiger partial charge in [0, 0.05) is 17.3 Å². The summed E-state index contributed by atoms with van der Waals surface area (Å²) in [4.78, 5) is 23.4. The summed E-state index contributed by atoms with van der Waals surface area (Å²) in [6.45, 7) is 3.27. The van der Waals surface area contributed by atoms with E-state index in [1.54, 1.807) is 13.8 Å². The van der Waals surface area contributed by atoms with Gasteiger partial charge in [0.05, 0.1) is 0 Å². The zero-order valence-corrected chi connectivity index (χ0v) is 15.0. The lowest BCUT2D eigenvalue weighted by Gasteiger charge is -2.31. The second-order valence-electron chi connectivity index (χ2n) is 6.60. The zero-order valence-electron chi connectivity index (χ0n) is 15.0. The van der Waals surface area contributed by atoms with Crippen LogP contribution in [0.25, 0.3) is 0 Å². The molecule has 0 aliphatic carbocycles. The van der Waals surface area contributed by atoms with Crippen LogP contribution in [0.1, 0.15) is 24.2 Å². The normalized spacial score (nSPS) is 24.5. The minimum atomic E-state index is -6.76. The largest absolute Gasteiger partial charge is 0.428 e. The van der Waals surface area contributed by atoms with E-state index >= 15 is 0 Å². The molecule has 0 saturated carbocycles. The smallest absolute Gasteiger partial charge is 0.350 e. The van der Waals surface area contributed by atoms with Crippen molar-refractivity contribution in [2.24, 2.45) is 0 Å². The zero-order chi connectivity index (χ0) is 23.3. The van der Waals surface area contributed by atoms with Crippen LogP contribution in [0.15, 0.2) is 24.3 Å². The fourth-order valence-electron chi connectivity index (χ4n) is 2.36. The highest BCUT2D eigenvalue weighted by Crippen LogP contribution is 2.64. The fourth-order valence-corrected chi connectivity index (χ4v) is 2.36. The fraction of sp³-hybridized carbons (Fsp3) is 0.500. The van der Waals surface area contributed by atoms with Crippen molar-refractivity contribution in [3.63, 3.8) is 0 Å². The number of carbonyl (C=O) groups is 2. The summed E-state index contributed by atoms with van der Waals surface area (Å²) in [6.07, 6.45) is -6.32. The van der Waals surface area contributed by atoms with Crippen LogP contribution in [-0.2, 0) is 9.53 Å². The van der Waals surface area contributed by atoms with Crippen molar-refractivity contribution in [1.82, 2.24) is 5.32 Å². The first-order valence-electron chi connectivity index (χ1n) is 8.03. The van der Waals surface area contributed by atoms with E-state index in [4.69, 9.17) is 0 Å². The van der Waals surface area contributed by atoms with Crippen molar-refractivity contribution in [1.29, 1.82) is 0 Å². The molecule has 1 aromatic rings. The standard InChI is InChI=1S/C16H13F9N2O3/c1-7(2)26-10(28)8-3-5-9(6-4-8)27-11(29)12(17,18)15(23)13(19,20)14(21,22)16(24,25)30-15/h3-7H,1-2H3,(H,26,28)(H,27,29)/t15-/m1/s1.